The first-order chi connectivity index (χ1) is 9.76. The van der Waals surface area contributed by atoms with Crippen molar-refractivity contribution in [1.82, 2.24) is 10.6 Å². The quantitative estimate of drug-likeness (QED) is 0.645. The lowest BCUT2D eigenvalue weighted by molar-refractivity contribution is -0.120. The van der Waals surface area contributed by atoms with E-state index in [2.05, 4.69) is 48.7 Å². The molecule has 0 fully saturated rings. The van der Waals surface area contributed by atoms with Gasteiger partial charge in [0.25, 0.3) is 0 Å². The zero-order chi connectivity index (χ0) is 14.6. The van der Waals surface area contributed by atoms with Crippen molar-refractivity contribution < 1.29 is 4.79 Å². The molecule has 1 rings (SSSR count). The average molecular weight is 276 g/mol. The summed E-state index contributed by atoms with van der Waals surface area (Å²) >= 11 is 0. The van der Waals surface area contributed by atoms with Gasteiger partial charge in [0.2, 0.25) is 5.91 Å². The summed E-state index contributed by atoms with van der Waals surface area (Å²) in [7, 11) is 0. The molecule has 0 bridgehead atoms. The number of rotatable bonds is 10. The molecule has 20 heavy (non-hydrogen) atoms. The molecule has 1 aromatic carbocycles. The second-order valence-electron chi connectivity index (χ2n) is 5.20. The molecule has 0 aromatic heterocycles. The first kappa shape index (κ1) is 16.7. The molecule has 0 saturated carbocycles. The number of benzene rings is 1. The summed E-state index contributed by atoms with van der Waals surface area (Å²) < 4.78 is 0. The maximum Gasteiger partial charge on any atom is 0.224 e. The number of carbonyl (C=O) groups is 1. The molecule has 1 aromatic rings. The third kappa shape index (κ3) is 7.29. The summed E-state index contributed by atoms with van der Waals surface area (Å²) in [5.41, 5.74) is 2.45. The lowest BCUT2D eigenvalue weighted by Crippen LogP contribution is -2.32. The van der Waals surface area contributed by atoms with Crippen molar-refractivity contribution in [3.8, 4) is 0 Å². The second-order valence-corrected chi connectivity index (χ2v) is 5.20. The largest absolute Gasteiger partial charge is 0.355 e. The van der Waals surface area contributed by atoms with E-state index in [-0.39, 0.29) is 5.91 Å². The molecule has 0 aliphatic rings. The van der Waals surface area contributed by atoms with E-state index in [9.17, 15) is 4.79 Å². The number of nitrogens with one attached hydrogen (secondary N) is 2. The number of carbonyl (C=O) groups excluding carboxylic acids is 1. The third-order valence-corrected chi connectivity index (χ3v) is 3.26. The summed E-state index contributed by atoms with van der Waals surface area (Å²) in [6, 6.07) is 8.42. The molecule has 0 saturated heterocycles. The Morgan fingerprint density at radius 1 is 0.950 bits per heavy atom. The van der Waals surface area contributed by atoms with Crippen molar-refractivity contribution in [3.05, 3.63) is 35.4 Å². The van der Waals surface area contributed by atoms with Crippen LogP contribution >= 0.6 is 0 Å². The average Bonchev–Trinajstić information content (AvgIpc) is 2.46. The molecular formula is C17H28N2O. The van der Waals surface area contributed by atoms with Crippen LogP contribution in [0.3, 0.4) is 0 Å². The number of amides is 1. The predicted molar refractivity (Wildman–Crippen MR) is 84.9 cm³/mol. The van der Waals surface area contributed by atoms with Gasteiger partial charge < -0.3 is 10.6 Å². The Hall–Kier alpha value is -1.35. The molecule has 0 aliphatic carbocycles. The maximum atomic E-state index is 11.8. The fourth-order valence-corrected chi connectivity index (χ4v) is 2.04. The van der Waals surface area contributed by atoms with E-state index in [4.69, 9.17) is 0 Å². The van der Waals surface area contributed by atoms with Crippen molar-refractivity contribution >= 4 is 5.91 Å². The minimum atomic E-state index is 0.101. The molecule has 0 atom stereocenters. The van der Waals surface area contributed by atoms with Crippen LogP contribution in [0.2, 0.25) is 0 Å². The van der Waals surface area contributed by atoms with Crippen LogP contribution in [-0.4, -0.2) is 25.5 Å². The first-order valence-electron chi connectivity index (χ1n) is 7.81. The van der Waals surface area contributed by atoms with Crippen LogP contribution in [0.15, 0.2) is 24.3 Å². The summed E-state index contributed by atoms with van der Waals surface area (Å²) in [5.74, 6) is 0.101. The summed E-state index contributed by atoms with van der Waals surface area (Å²) in [4.78, 5) is 11.8. The van der Waals surface area contributed by atoms with E-state index in [1.807, 2.05) is 0 Å². The number of hydrogen-bond donors (Lipinski definition) is 2. The Kier molecular flexibility index (Phi) is 8.72. The molecule has 112 valence electrons. The van der Waals surface area contributed by atoms with E-state index in [1.54, 1.807) is 0 Å². The van der Waals surface area contributed by atoms with Gasteiger partial charge in [-0.05, 0) is 36.9 Å². The fourth-order valence-electron chi connectivity index (χ4n) is 2.04. The van der Waals surface area contributed by atoms with E-state index in [1.165, 1.54) is 18.4 Å². The van der Waals surface area contributed by atoms with Crippen molar-refractivity contribution in [3.63, 3.8) is 0 Å². The molecule has 0 unspecified atom stereocenters. The molecular weight excluding hydrogens is 248 g/mol. The zero-order valence-electron chi connectivity index (χ0n) is 12.9. The van der Waals surface area contributed by atoms with Gasteiger partial charge in [-0.15, -0.1) is 0 Å². The van der Waals surface area contributed by atoms with Crippen molar-refractivity contribution in [2.24, 2.45) is 0 Å². The number of unbranched alkanes of at least 4 members (excludes halogenated alkanes) is 1. The number of aryl methyl sites for hydroxylation is 1. The van der Waals surface area contributed by atoms with Crippen LogP contribution in [0.5, 0.6) is 0 Å². The highest BCUT2D eigenvalue weighted by Crippen LogP contribution is 2.08. The summed E-state index contributed by atoms with van der Waals surface area (Å²) in [6.07, 6.45) is 5.17. The zero-order valence-corrected chi connectivity index (χ0v) is 12.9. The standard InChI is InChI=1S/C17H28N2O/c1-3-5-6-15-7-9-16(10-8-15)14-17(20)19-13-12-18-11-4-2/h7-10,18H,3-6,11-14H2,1-2H3,(H,19,20). The van der Waals surface area contributed by atoms with Crippen LogP contribution in [0, 0.1) is 0 Å². The highest BCUT2D eigenvalue weighted by molar-refractivity contribution is 5.78. The Morgan fingerprint density at radius 3 is 2.30 bits per heavy atom. The van der Waals surface area contributed by atoms with Gasteiger partial charge in [0.05, 0.1) is 6.42 Å². The highest BCUT2D eigenvalue weighted by atomic mass is 16.1. The van der Waals surface area contributed by atoms with Gasteiger partial charge in [-0.3, -0.25) is 4.79 Å². The molecule has 3 nitrogen and oxygen atoms in total. The molecule has 0 heterocycles. The second kappa shape index (κ2) is 10.4. The van der Waals surface area contributed by atoms with Crippen LogP contribution < -0.4 is 10.6 Å². The normalized spacial score (nSPS) is 10.5. The SMILES string of the molecule is CCCCc1ccc(CC(=O)NCCNCCC)cc1. The van der Waals surface area contributed by atoms with Gasteiger partial charge in [-0.1, -0.05) is 44.5 Å². The van der Waals surface area contributed by atoms with Gasteiger partial charge in [0.1, 0.15) is 0 Å². The van der Waals surface area contributed by atoms with Crippen molar-refractivity contribution in [2.75, 3.05) is 19.6 Å². The molecule has 0 aliphatic heterocycles. The third-order valence-electron chi connectivity index (χ3n) is 3.26. The van der Waals surface area contributed by atoms with Crippen LogP contribution in [0.1, 0.15) is 44.2 Å². The van der Waals surface area contributed by atoms with Gasteiger partial charge in [-0.25, -0.2) is 0 Å². The predicted octanol–water partition coefficient (Wildman–Crippen LogP) is 2.69. The maximum absolute atomic E-state index is 11.8. The Morgan fingerprint density at radius 2 is 1.65 bits per heavy atom. The smallest absolute Gasteiger partial charge is 0.224 e. The van der Waals surface area contributed by atoms with E-state index in [0.717, 1.165) is 31.5 Å². The van der Waals surface area contributed by atoms with Gasteiger partial charge in [0, 0.05) is 13.1 Å². The molecule has 0 spiro atoms. The van der Waals surface area contributed by atoms with E-state index in [0.29, 0.717) is 13.0 Å². The topological polar surface area (TPSA) is 41.1 Å². The Labute approximate surface area is 123 Å². The minimum absolute atomic E-state index is 0.101. The number of hydrogen-bond acceptors (Lipinski definition) is 2. The summed E-state index contributed by atoms with van der Waals surface area (Å²) in [5, 5.41) is 6.20. The van der Waals surface area contributed by atoms with Crippen LogP contribution in [-0.2, 0) is 17.6 Å². The fraction of sp³-hybridized carbons (Fsp3) is 0.588. The van der Waals surface area contributed by atoms with Crippen molar-refractivity contribution in [1.29, 1.82) is 0 Å². The lowest BCUT2D eigenvalue weighted by Gasteiger charge is -2.07. The Balaban J connectivity index is 2.24. The molecule has 3 heteroatoms. The molecule has 0 radical (unpaired) electrons. The van der Waals surface area contributed by atoms with Gasteiger partial charge in [-0.2, -0.15) is 0 Å². The monoisotopic (exact) mass is 276 g/mol. The van der Waals surface area contributed by atoms with E-state index >= 15 is 0 Å². The van der Waals surface area contributed by atoms with Crippen molar-refractivity contribution in [2.45, 2.75) is 46.0 Å². The minimum Gasteiger partial charge on any atom is -0.355 e. The molecule has 1 amide bonds. The van der Waals surface area contributed by atoms with Gasteiger partial charge in [0.15, 0.2) is 0 Å². The highest BCUT2D eigenvalue weighted by Gasteiger charge is 2.02. The summed E-state index contributed by atoms with van der Waals surface area (Å²) in [6.45, 7) is 6.89. The van der Waals surface area contributed by atoms with Crippen LogP contribution in [0.25, 0.3) is 0 Å². The van der Waals surface area contributed by atoms with Crippen LogP contribution in [0.4, 0.5) is 0 Å². The lowest BCUT2D eigenvalue weighted by atomic mass is 10.0. The van der Waals surface area contributed by atoms with Gasteiger partial charge >= 0.3 is 0 Å². The Bertz CT molecular complexity index is 373. The first-order valence-corrected chi connectivity index (χ1v) is 7.81. The molecule has 2 N–H and O–H groups in total. The van der Waals surface area contributed by atoms with E-state index < -0.39 is 0 Å².